The topological polar surface area (TPSA) is 30.5 Å². The first-order valence-electron chi connectivity index (χ1n) is 5.48. The molecule has 0 amide bonds. The van der Waals surface area contributed by atoms with Gasteiger partial charge in [0, 0.05) is 14.2 Å². The molecular weight excluding hydrogens is 178 g/mol. The molecule has 0 aromatic rings. The molecule has 2 unspecified atom stereocenters. The molecule has 0 aliphatic heterocycles. The lowest BCUT2D eigenvalue weighted by Crippen LogP contribution is -2.43. The van der Waals surface area contributed by atoms with Crippen LogP contribution in [0, 0.1) is 5.92 Å². The molecule has 0 rings (SSSR count). The van der Waals surface area contributed by atoms with Crippen LogP contribution in [0.2, 0.25) is 0 Å². The summed E-state index contributed by atoms with van der Waals surface area (Å²) < 4.78 is 10.5. The average Bonchev–Trinajstić information content (AvgIpc) is 2.19. The number of ether oxygens (including phenoxy) is 2. The first-order chi connectivity index (χ1) is 6.69. The highest BCUT2D eigenvalue weighted by Gasteiger charge is 2.21. The molecule has 0 saturated heterocycles. The van der Waals surface area contributed by atoms with Crippen LogP contribution in [0.25, 0.3) is 0 Å². The van der Waals surface area contributed by atoms with Gasteiger partial charge in [-0.05, 0) is 18.9 Å². The van der Waals surface area contributed by atoms with Gasteiger partial charge in [-0.15, -0.1) is 0 Å². The highest BCUT2D eigenvalue weighted by molar-refractivity contribution is 4.72. The van der Waals surface area contributed by atoms with Gasteiger partial charge in [0.05, 0.1) is 6.04 Å². The second kappa shape index (κ2) is 8.21. The summed E-state index contributed by atoms with van der Waals surface area (Å²) in [6, 6.07) is 0.296. The molecule has 0 spiro atoms. The van der Waals surface area contributed by atoms with Crippen molar-refractivity contribution in [2.45, 2.75) is 45.9 Å². The van der Waals surface area contributed by atoms with E-state index in [4.69, 9.17) is 9.47 Å². The number of likely N-dealkylation sites (N-methyl/N-ethyl adjacent to an activating group) is 1. The highest BCUT2D eigenvalue weighted by atomic mass is 16.7. The molecule has 0 bridgehead atoms. The van der Waals surface area contributed by atoms with E-state index in [9.17, 15) is 0 Å². The van der Waals surface area contributed by atoms with Crippen molar-refractivity contribution in [2.75, 3.05) is 20.8 Å². The first-order valence-corrected chi connectivity index (χ1v) is 5.48. The maximum atomic E-state index is 5.27. The fourth-order valence-corrected chi connectivity index (χ4v) is 1.58. The van der Waals surface area contributed by atoms with Gasteiger partial charge in [0.2, 0.25) is 0 Å². The second-order valence-corrected chi connectivity index (χ2v) is 3.75. The molecule has 2 atom stereocenters. The minimum Gasteiger partial charge on any atom is -0.354 e. The van der Waals surface area contributed by atoms with E-state index < -0.39 is 0 Å². The SMILES string of the molecule is CCNC(CC(C)CC)C(OC)OC. The van der Waals surface area contributed by atoms with E-state index in [2.05, 4.69) is 26.1 Å². The summed E-state index contributed by atoms with van der Waals surface area (Å²) in [5, 5.41) is 3.40. The van der Waals surface area contributed by atoms with Gasteiger partial charge < -0.3 is 14.8 Å². The molecule has 0 aliphatic rings. The summed E-state index contributed by atoms with van der Waals surface area (Å²) in [6.07, 6.45) is 2.16. The third-order valence-corrected chi connectivity index (χ3v) is 2.61. The molecule has 14 heavy (non-hydrogen) atoms. The highest BCUT2D eigenvalue weighted by Crippen LogP contribution is 2.14. The van der Waals surface area contributed by atoms with Gasteiger partial charge in [-0.25, -0.2) is 0 Å². The molecule has 0 heterocycles. The van der Waals surface area contributed by atoms with Gasteiger partial charge in [-0.2, -0.15) is 0 Å². The number of hydrogen-bond donors (Lipinski definition) is 1. The first kappa shape index (κ1) is 13.9. The smallest absolute Gasteiger partial charge is 0.171 e. The third-order valence-electron chi connectivity index (χ3n) is 2.61. The molecule has 1 N–H and O–H groups in total. The van der Waals surface area contributed by atoms with E-state index in [1.54, 1.807) is 14.2 Å². The molecule has 0 aromatic heterocycles. The van der Waals surface area contributed by atoms with E-state index >= 15 is 0 Å². The van der Waals surface area contributed by atoms with Crippen LogP contribution in [0.5, 0.6) is 0 Å². The summed E-state index contributed by atoms with van der Waals surface area (Å²) in [4.78, 5) is 0. The van der Waals surface area contributed by atoms with E-state index in [-0.39, 0.29) is 6.29 Å². The third kappa shape index (κ3) is 4.94. The molecule has 86 valence electrons. The minimum absolute atomic E-state index is 0.135. The van der Waals surface area contributed by atoms with Gasteiger partial charge in [0.1, 0.15) is 0 Å². The zero-order chi connectivity index (χ0) is 11.0. The lowest BCUT2D eigenvalue weighted by molar-refractivity contribution is -0.125. The zero-order valence-electron chi connectivity index (χ0n) is 10.2. The standard InChI is InChI=1S/C11H25NO2/c1-6-9(3)8-10(12-7-2)11(13-4)14-5/h9-12H,6-8H2,1-5H3. The molecule has 0 aliphatic carbocycles. The Hall–Kier alpha value is -0.120. The normalized spacial score (nSPS) is 15.9. The number of hydrogen-bond acceptors (Lipinski definition) is 3. The van der Waals surface area contributed by atoms with Crippen LogP contribution in [0.15, 0.2) is 0 Å². The predicted molar refractivity (Wildman–Crippen MR) is 59.3 cm³/mol. The molecule has 3 nitrogen and oxygen atoms in total. The quantitative estimate of drug-likeness (QED) is 0.612. The monoisotopic (exact) mass is 203 g/mol. The second-order valence-electron chi connectivity index (χ2n) is 3.75. The Morgan fingerprint density at radius 1 is 1.14 bits per heavy atom. The van der Waals surface area contributed by atoms with E-state index in [0.717, 1.165) is 13.0 Å². The lowest BCUT2D eigenvalue weighted by Gasteiger charge is -2.27. The Morgan fingerprint density at radius 3 is 2.07 bits per heavy atom. The van der Waals surface area contributed by atoms with Gasteiger partial charge in [-0.3, -0.25) is 0 Å². The van der Waals surface area contributed by atoms with Gasteiger partial charge in [-0.1, -0.05) is 27.2 Å². The fraction of sp³-hybridized carbons (Fsp3) is 1.00. The van der Waals surface area contributed by atoms with Gasteiger partial charge >= 0.3 is 0 Å². The summed E-state index contributed by atoms with van der Waals surface area (Å²) in [6.45, 7) is 7.52. The van der Waals surface area contributed by atoms with E-state index in [0.29, 0.717) is 12.0 Å². The van der Waals surface area contributed by atoms with Crippen LogP contribution in [-0.2, 0) is 9.47 Å². The van der Waals surface area contributed by atoms with E-state index in [1.807, 2.05) is 0 Å². The van der Waals surface area contributed by atoms with Crippen LogP contribution < -0.4 is 5.32 Å². The van der Waals surface area contributed by atoms with Crippen LogP contribution in [0.3, 0.4) is 0 Å². The Morgan fingerprint density at radius 2 is 1.71 bits per heavy atom. The van der Waals surface area contributed by atoms with Gasteiger partial charge in [0.15, 0.2) is 6.29 Å². The van der Waals surface area contributed by atoms with Crippen molar-refractivity contribution in [1.82, 2.24) is 5.32 Å². The number of rotatable bonds is 8. The van der Waals surface area contributed by atoms with Gasteiger partial charge in [0.25, 0.3) is 0 Å². The predicted octanol–water partition coefficient (Wildman–Crippen LogP) is 2.02. The molecule has 0 fully saturated rings. The number of methoxy groups -OCH3 is 2. The molecule has 0 radical (unpaired) electrons. The Labute approximate surface area is 88.2 Å². The van der Waals surface area contributed by atoms with Crippen LogP contribution in [-0.4, -0.2) is 33.1 Å². The molecule has 0 saturated carbocycles. The fourth-order valence-electron chi connectivity index (χ4n) is 1.58. The maximum absolute atomic E-state index is 5.27. The summed E-state index contributed by atoms with van der Waals surface area (Å²) in [5.41, 5.74) is 0. The Kier molecular flexibility index (Phi) is 8.14. The number of nitrogens with one attached hydrogen (secondary N) is 1. The maximum Gasteiger partial charge on any atom is 0.171 e. The van der Waals surface area contributed by atoms with Crippen molar-refractivity contribution >= 4 is 0 Å². The zero-order valence-corrected chi connectivity index (χ0v) is 10.2. The Balaban J connectivity index is 4.10. The van der Waals surface area contributed by atoms with Crippen molar-refractivity contribution in [3.8, 4) is 0 Å². The molecule has 0 aromatic carbocycles. The van der Waals surface area contributed by atoms with Crippen molar-refractivity contribution in [3.63, 3.8) is 0 Å². The molecular formula is C11H25NO2. The van der Waals surface area contributed by atoms with Crippen LogP contribution in [0.4, 0.5) is 0 Å². The van der Waals surface area contributed by atoms with Crippen molar-refractivity contribution in [2.24, 2.45) is 5.92 Å². The summed E-state index contributed by atoms with van der Waals surface area (Å²) in [5.74, 6) is 0.701. The molecule has 3 heteroatoms. The van der Waals surface area contributed by atoms with Crippen LogP contribution in [0.1, 0.15) is 33.6 Å². The average molecular weight is 203 g/mol. The largest absolute Gasteiger partial charge is 0.354 e. The van der Waals surface area contributed by atoms with Crippen molar-refractivity contribution in [3.05, 3.63) is 0 Å². The minimum atomic E-state index is -0.135. The summed E-state index contributed by atoms with van der Waals surface area (Å²) >= 11 is 0. The van der Waals surface area contributed by atoms with Crippen molar-refractivity contribution in [1.29, 1.82) is 0 Å². The van der Waals surface area contributed by atoms with E-state index in [1.165, 1.54) is 6.42 Å². The summed E-state index contributed by atoms with van der Waals surface area (Å²) in [7, 11) is 3.38. The Bertz CT molecular complexity index is 126. The van der Waals surface area contributed by atoms with Crippen molar-refractivity contribution < 1.29 is 9.47 Å². The lowest BCUT2D eigenvalue weighted by atomic mass is 9.99. The van der Waals surface area contributed by atoms with Crippen LogP contribution >= 0.6 is 0 Å².